The minimum absolute atomic E-state index is 0.327. The predicted molar refractivity (Wildman–Crippen MR) is 56.8 cm³/mol. The lowest BCUT2D eigenvalue weighted by atomic mass is 10.2. The summed E-state index contributed by atoms with van der Waals surface area (Å²) in [6.45, 7) is 4.55. The van der Waals surface area contributed by atoms with E-state index in [2.05, 4.69) is 18.9 Å². The molecule has 0 N–H and O–H groups in total. The van der Waals surface area contributed by atoms with E-state index in [-0.39, 0.29) is 0 Å². The number of benzene rings is 1. The lowest BCUT2D eigenvalue weighted by Crippen LogP contribution is -1.99. The van der Waals surface area contributed by atoms with E-state index in [1.165, 1.54) is 0 Å². The zero-order chi connectivity index (χ0) is 10.8. The van der Waals surface area contributed by atoms with E-state index >= 15 is 0 Å². The molecule has 0 bridgehead atoms. The second-order valence-corrected chi connectivity index (χ2v) is 3.64. The summed E-state index contributed by atoms with van der Waals surface area (Å²) in [5.41, 5.74) is 0.905. The lowest BCUT2D eigenvalue weighted by molar-refractivity contribution is -0.120. The number of carbonyl (C=O) groups excluding carboxylic acids is 1. The molecule has 0 saturated carbocycles. The highest BCUT2D eigenvalue weighted by atomic mass is 16.5. The average Bonchev–Trinajstić information content (AvgIpc) is 2.61. The predicted octanol–water partition coefficient (Wildman–Crippen LogP) is 2.15. The van der Waals surface area contributed by atoms with Gasteiger partial charge in [0, 0.05) is 17.6 Å². The van der Waals surface area contributed by atoms with Crippen molar-refractivity contribution in [1.82, 2.24) is 9.78 Å². The zero-order valence-corrected chi connectivity index (χ0v) is 8.68. The summed E-state index contributed by atoms with van der Waals surface area (Å²) in [4.78, 5) is 10.2. The van der Waals surface area contributed by atoms with Gasteiger partial charge in [0.05, 0.1) is 5.52 Å². The lowest BCUT2D eigenvalue weighted by Gasteiger charge is -2.02. The van der Waals surface area contributed by atoms with Crippen LogP contribution in [0.15, 0.2) is 24.4 Å². The molecular weight excluding hydrogens is 192 g/mol. The van der Waals surface area contributed by atoms with Crippen LogP contribution in [0.3, 0.4) is 0 Å². The van der Waals surface area contributed by atoms with E-state index in [1.807, 2.05) is 16.9 Å². The molecule has 0 saturated heterocycles. The van der Waals surface area contributed by atoms with Gasteiger partial charge in [-0.25, -0.2) is 0 Å². The van der Waals surface area contributed by atoms with Crippen molar-refractivity contribution in [3.8, 4) is 5.75 Å². The first-order valence-corrected chi connectivity index (χ1v) is 4.80. The van der Waals surface area contributed by atoms with Crippen LogP contribution in [0.25, 0.3) is 10.9 Å². The normalized spacial score (nSPS) is 10.9. The highest BCUT2D eigenvalue weighted by Gasteiger charge is 2.04. The summed E-state index contributed by atoms with van der Waals surface area (Å²) in [6.07, 6.45) is 1.94. The maximum atomic E-state index is 10.2. The molecule has 0 fully saturated rings. The van der Waals surface area contributed by atoms with Crippen LogP contribution in [0, 0.1) is 0 Å². The molecule has 15 heavy (non-hydrogen) atoms. The van der Waals surface area contributed by atoms with E-state index in [0.717, 1.165) is 10.9 Å². The Hall–Kier alpha value is -1.84. The first-order valence-electron chi connectivity index (χ1n) is 4.80. The maximum absolute atomic E-state index is 10.2. The monoisotopic (exact) mass is 204 g/mol. The quantitative estimate of drug-likeness (QED) is 0.719. The fraction of sp³-hybridized carbons (Fsp3) is 0.273. The van der Waals surface area contributed by atoms with E-state index < -0.39 is 0 Å². The Labute approximate surface area is 87.5 Å². The number of rotatable bonds is 3. The van der Waals surface area contributed by atoms with Crippen molar-refractivity contribution in [3.05, 3.63) is 24.4 Å². The zero-order valence-electron chi connectivity index (χ0n) is 8.68. The Morgan fingerprint density at radius 3 is 2.93 bits per heavy atom. The van der Waals surface area contributed by atoms with Crippen molar-refractivity contribution in [1.29, 1.82) is 0 Å². The summed E-state index contributed by atoms with van der Waals surface area (Å²) in [7, 11) is 0. The molecule has 0 aliphatic carbocycles. The Morgan fingerprint density at radius 2 is 2.27 bits per heavy atom. The molecule has 1 heterocycles. The molecule has 0 amide bonds. The van der Waals surface area contributed by atoms with Gasteiger partial charge in [0.15, 0.2) is 0 Å². The van der Waals surface area contributed by atoms with E-state index in [4.69, 9.17) is 4.74 Å². The molecule has 0 aliphatic rings. The van der Waals surface area contributed by atoms with Crippen LogP contribution in [-0.2, 0) is 4.79 Å². The van der Waals surface area contributed by atoms with Gasteiger partial charge >= 0.3 is 0 Å². The number of fused-ring (bicyclic) bond motifs is 1. The third-order valence-corrected chi connectivity index (χ3v) is 2.21. The molecule has 0 radical (unpaired) electrons. The molecule has 1 aromatic carbocycles. The molecule has 0 spiro atoms. The molecule has 2 aromatic rings. The number of aromatic nitrogens is 2. The Balaban J connectivity index is 2.47. The van der Waals surface area contributed by atoms with Crippen LogP contribution < -0.4 is 4.74 Å². The van der Waals surface area contributed by atoms with E-state index in [0.29, 0.717) is 18.3 Å². The molecule has 4 nitrogen and oxygen atoms in total. The molecular formula is C11H12N2O2. The van der Waals surface area contributed by atoms with Gasteiger partial charge in [-0.3, -0.25) is 9.48 Å². The van der Waals surface area contributed by atoms with E-state index in [9.17, 15) is 4.79 Å². The van der Waals surface area contributed by atoms with E-state index in [1.54, 1.807) is 12.1 Å². The van der Waals surface area contributed by atoms with Gasteiger partial charge in [-0.1, -0.05) is 0 Å². The van der Waals surface area contributed by atoms with Crippen molar-refractivity contribution in [2.24, 2.45) is 0 Å². The van der Waals surface area contributed by atoms with Gasteiger partial charge in [-0.15, -0.1) is 0 Å². The van der Waals surface area contributed by atoms with Gasteiger partial charge < -0.3 is 4.74 Å². The fourth-order valence-electron chi connectivity index (χ4n) is 1.42. The summed E-state index contributed by atoms with van der Waals surface area (Å²) in [6, 6.07) is 5.70. The van der Waals surface area contributed by atoms with Crippen LogP contribution in [-0.4, -0.2) is 16.3 Å². The number of nitrogens with zero attached hydrogens (tertiary/aromatic N) is 2. The second-order valence-electron chi connectivity index (χ2n) is 3.64. The van der Waals surface area contributed by atoms with Gasteiger partial charge in [0.2, 0.25) is 0 Å². The number of hydrogen-bond acceptors (Lipinski definition) is 3. The number of ether oxygens (including phenoxy) is 1. The third kappa shape index (κ3) is 1.83. The summed E-state index contributed by atoms with van der Waals surface area (Å²) in [5.74, 6) is 0.542. The van der Waals surface area contributed by atoms with Crippen molar-refractivity contribution in [3.63, 3.8) is 0 Å². The van der Waals surface area contributed by atoms with Crippen molar-refractivity contribution < 1.29 is 9.53 Å². The highest BCUT2D eigenvalue weighted by molar-refractivity contribution is 5.80. The van der Waals surface area contributed by atoms with Crippen molar-refractivity contribution in [2.45, 2.75) is 19.9 Å². The van der Waals surface area contributed by atoms with Crippen LogP contribution >= 0.6 is 0 Å². The third-order valence-electron chi connectivity index (χ3n) is 2.21. The van der Waals surface area contributed by atoms with Crippen LogP contribution in [0.4, 0.5) is 0 Å². The Kier molecular flexibility index (Phi) is 2.41. The summed E-state index contributed by atoms with van der Waals surface area (Å²) in [5, 5.41) is 5.36. The van der Waals surface area contributed by atoms with Gasteiger partial charge in [-0.2, -0.15) is 5.10 Å². The number of hydrogen-bond donors (Lipinski definition) is 0. The average molecular weight is 204 g/mol. The topological polar surface area (TPSA) is 44.1 Å². The van der Waals surface area contributed by atoms with Crippen molar-refractivity contribution in [2.75, 3.05) is 0 Å². The van der Waals surface area contributed by atoms with Crippen molar-refractivity contribution >= 4 is 17.4 Å². The van der Waals surface area contributed by atoms with Gasteiger partial charge in [0.1, 0.15) is 5.75 Å². The highest BCUT2D eigenvalue weighted by Crippen LogP contribution is 2.20. The fourth-order valence-corrected chi connectivity index (χ4v) is 1.42. The molecule has 0 atom stereocenters. The van der Waals surface area contributed by atoms with Gasteiger partial charge in [0.25, 0.3) is 6.47 Å². The minimum Gasteiger partial charge on any atom is -0.429 e. The first-order chi connectivity index (χ1) is 7.20. The molecule has 0 unspecified atom stereocenters. The maximum Gasteiger partial charge on any atom is 0.298 e. The second kappa shape index (κ2) is 3.73. The van der Waals surface area contributed by atoms with Crippen LogP contribution in [0.1, 0.15) is 19.9 Å². The molecule has 2 rings (SSSR count). The number of carbonyl (C=O) groups is 1. The first kappa shape index (κ1) is 9.71. The largest absolute Gasteiger partial charge is 0.429 e. The Bertz CT molecular complexity index is 488. The molecule has 0 aliphatic heterocycles. The molecule has 1 aromatic heterocycles. The minimum atomic E-state index is 0.327. The van der Waals surface area contributed by atoms with Crippen LogP contribution in [0.5, 0.6) is 5.75 Å². The standard InChI is InChI=1S/C11H12N2O2/c1-8(2)13-6-9-5-10(15-7-14)3-4-11(9)12-13/h3-8H,1-2H3. The molecule has 4 heteroatoms. The van der Waals surface area contributed by atoms with Crippen LogP contribution in [0.2, 0.25) is 0 Å². The molecule has 78 valence electrons. The summed E-state index contributed by atoms with van der Waals surface area (Å²) < 4.78 is 6.65. The van der Waals surface area contributed by atoms with Gasteiger partial charge in [-0.05, 0) is 32.0 Å². The SMILES string of the molecule is CC(C)n1cc2cc(OC=O)ccc2n1. The Morgan fingerprint density at radius 1 is 1.47 bits per heavy atom. The summed E-state index contributed by atoms with van der Waals surface area (Å²) >= 11 is 0. The smallest absolute Gasteiger partial charge is 0.298 e.